The van der Waals surface area contributed by atoms with Crippen molar-refractivity contribution < 1.29 is 14.1 Å². The van der Waals surface area contributed by atoms with Crippen LogP contribution in [0.15, 0.2) is 22.7 Å². The highest BCUT2D eigenvalue weighted by Gasteiger charge is 2.40. The number of carbonyl (C=O) groups is 1. The molecule has 3 fully saturated rings. The Balaban J connectivity index is 1.49. The van der Waals surface area contributed by atoms with Crippen molar-refractivity contribution in [1.82, 2.24) is 10.5 Å². The highest BCUT2D eigenvalue weighted by atomic mass is 35.5. The monoisotopic (exact) mass is 406 g/mol. The number of hydrogen-bond donors (Lipinski definition) is 1. The quantitative estimate of drug-likeness (QED) is 0.726. The van der Waals surface area contributed by atoms with Crippen LogP contribution in [-0.2, 0) is 4.74 Å². The SMILES string of the molecule is O=C(OC1CC2CCC(C1)N2)c1c(-c2c(Cl)cccc2Cl)noc1C1CC1. The van der Waals surface area contributed by atoms with Gasteiger partial charge in [-0.3, -0.25) is 0 Å². The third kappa shape index (κ3) is 3.26. The number of nitrogens with zero attached hydrogens (tertiary/aromatic N) is 1. The maximum atomic E-state index is 13.1. The fourth-order valence-corrected chi connectivity index (χ4v) is 4.91. The number of fused-ring (bicyclic) bond motifs is 2. The van der Waals surface area contributed by atoms with Gasteiger partial charge in [0.1, 0.15) is 17.4 Å². The Morgan fingerprint density at radius 1 is 1.11 bits per heavy atom. The molecule has 142 valence electrons. The number of carbonyl (C=O) groups excluding carboxylic acids is 1. The van der Waals surface area contributed by atoms with Crippen LogP contribution in [0.25, 0.3) is 11.3 Å². The zero-order valence-electron chi connectivity index (χ0n) is 14.7. The average Bonchev–Trinajstić information content (AvgIpc) is 3.30. The fraction of sp³-hybridized carbons (Fsp3) is 0.500. The van der Waals surface area contributed by atoms with Crippen molar-refractivity contribution in [3.8, 4) is 11.3 Å². The van der Waals surface area contributed by atoms with Gasteiger partial charge in [0.25, 0.3) is 0 Å². The first-order valence-electron chi connectivity index (χ1n) is 9.51. The molecule has 1 aliphatic carbocycles. The van der Waals surface area contributed by atoms with Crippen molar-refractivity contribution in [2.75, 3.05) is 0 Å². The molecule has 1 aromatic carbocycles. The lowest BCUT2D eigenvalue weighted by molar-refractivity contribution is 0.0175. The van der Waals surface area contributed by atoms with E-state index < -0.39 is 0 Å². The van der Waals surface area contributed by atoms with Crippen molar-refractivity contribution in [2.45, 2.75) is 62.6 Å². The van der Waals surface area contributed by atoms with Crippen LogP contribution in [0.3, 0.4) is 0 Å². The molecule has 2 aliphatic heterocycles. The smallest absolute Gasteiger partial charge is 0.344 e. The van der Waals surface area contributed by atoms with E-state index in [2.05, 4.69) is 10.5 Å². The zero-order chi connectivity index (χ0) is 18.5. The van der Waals surface area contributed by atoms with Gasteiger partial charge in [0.2, 0.25) is 0 Å². The molecule has 3 heterocycles. The van der Waals surface area contributed by atoms with Gasteiger partial charge in [-0.2, -0.15) is 0 Å². The largest absolute Gasteiger partial charge is 0.459 e. The Morgan fingerprint density at radius 3 is 2.41 bits per heavy atom. The number of nitrogens with one attached hydrogen (secondary N) is 1. The van der Waals surface area contributed by atoms with Crippen LogP contribution in [0.2, 0.25) is 10.0 Å². The topological polar surface area (TPSA) is 64.4 Å². The minimum absolute atomic E-state index is 0.0761. The van der Waals surface area contributed by atoms with Gasteiger partial charge in [0.05, 0.1) is 10.0 Å². The highest BCUT2D eigenvalue weighted by molar-refractivity contribution is 6.39. The van der Waals surface area contributed by atoms with E-state index in [-0.39, 0.29) is 18.0 Å². The molecule has 2 saturated heterocycles. The average molecular weight is 407 g/mol. The van der Waals surface area contributed by atoms with Crippen molar-refractivity contribution in [3.63, 3.8) is 0 Å². The maximum Gasteiger partial charge on any atom is 0.344 e. The molecule has 2 atom stereocenters. The number of halogens is 2. The van der Waals surface area contributed by atoms with E-state index in [1.165, 1.54) is 0 Å². The highest BCUT2D eigenvalue weighted by Crippen LogP contribution is 2.46. The summed E-state index contributed by atoms with van der Waals surface area (Å²) in [4.78, 5) is 13.1. The van der Waals surface area contributed by atoms with E-state index >= 15 is 0 Å². The zero-order valence-corrected chi connectivity index (χ0v) is 16.2. The van der Waals surface area contributed by atoms with Crippen LogP contribution in [0.5, 0.6) is 0 Å². The first-order valence-corrected chi connectivity index (χ1v) is 10.3. The van der Waals surface area contributed by atoms with Crippen LogP contribution in [-0.4, -0.2) is 29.3 Å². The summed E-state index contributed by atoms with van der Waals surface area (Å²) in [6.07, 6.45) is 5.92. The van der Waals surface area contributed by atoms with Crippen LogP contribution < -0.4 is 5.32 Å². The Labute approximate surface area is 167 Å². The molecule has 0 spiro atoms. The molecule has 2 unspecified atom stereocenters. The molecule has 2 aromatic rings. The molecular weight excluding hydrogens is 387 g/mol. The van der Waals surface area contributed by atoms with Crippen molar-refractivity contribution in [3.05, 3.63) is 39.6 Å². The molecule has 1 saturated carbocycles. The van der Waals surface area contributed by atoms with Gasteiger partial charge >= 0.3 is 5.97 Å². The van der Waals surface area contributed by atoms with Crippen molar-refractivity contribution in [1.29, 1.82) is 0 Å². The Bertz CT molecular complexity index is 861. The first kappa shape index (κ1) is 17.5. The van der Waals surface area contributed by atoms with Crippen molar-refractivity contribution >= 4 is 29.2 Å². The molecule has 2 bridgehead atoms. The third-order valence-corrected chi connectivity index (χ3v) is 6.40. The van der Waals surface area contributed by atoms with Gasteiger partial charge in [0, 0.05) is 23.6 Å². The van der Waals surface area contributed by atoms with Crippen LogP contribution in [0.1, 0.15) is 60.6 Å². The molecule has 0 amide bonds. The lowest BCUT2D eigenvalue weighted by Crippen LogP contribution is -2.42. The van der Waals surface area contributed by atoms with Gasteiger partial charge in [-0.25, -0.2) is 4.79 Å². The van der Waals surface area contributed by atoms with E-state index in [9.17, 15) is 4.79 Å². The van der Waals surface area contributed by atoms with Crippen LogP contribution in [0.4, 0.5) is 0 Å². The normalized spacial score (nSPS) is 27.0. The summed E-state index contributed by atoms with van der Waals surface area (Å²) in [5.74, 6) is 0.442. The van der Waals surface area contributed by atoms with E-state index in [4.69, 9.17) is 32.5 Å². The van der Waals surface area contributed by atoms with E-state index in [0.29, 0.717) is 44.7 Å². The Kier molecular flexibility index (Phi) is 4.42. The number of hydrogen-bond acceptors (Lipinski definition) is 5. The predicted molar refractivity (Wildman–Crippen MR) is 102 cm³/mol. The Morgan fingerprint density at radius 2 is 1.78 bits per heavy atom. The number of esters is 1. The summed E-state index contributed by atoms with van der Waals surface area (Å²) < 4.78 is 11.5. The number of rotatable bonds is 4. The number of piperidine rings is 1. The first-order chi connectivity index (χ1) is 13.1. The minimum atomic E-state index is -0.379. The summed E-state index contributed by atoms with van der Waals surface area (Å²) in [5.41, 5.74) is 1.29. The molecular formula is C20H20Cl2N2O3. The molecule has 1 N–H and O–H groups in total. The van der Waals surface area contributed by atoms with E-state index in [1.807, 2.05) is 0 Å². The standard InChI is InChI=1S/C20H20Cl2N2O3/c21-14-2-1-3-15(22)16(14)18-17(19(27-24-18)10-4-5-10)20(25)26-13-8-11-6-7-12(9-13)23-11/h1-3,10-13,23H,4-9H2. The van der Waals surface area contributed by atoms with Gasteiger partial charge in [-0.05, 0) is 50.7 Å². The summed E-state index contributed by atoms with van der Waals surface area (Å²) in [5, 5.41) is 8.61. The van der Waals surface area contributed by atoms with Crippen LogP contribution >= 0.6 is 23.2 Å². The van der Waals surface area contributed by atoms with Gasteiger partial charge < -0.3 is 14.6 Å². The van der Waals surface area contributed by atoms with Crippen molar-refractivity contribution in [2.24, 2.45) is 0 Å². The lowest BCUT2D eigenvalue weighted by atomic mass is 10.0. The molecule has 0 radical (unpaired) electrons. The lowest BCUT2D eigenvalue weighted by Gasteiger charge is -2.28. The molecule has 5 rings (SSSR count). The number of aromatic nitrogens is 1. The number of ether oxygens (including phenoxy) is 1. The third-order valence-electron chi connectivity index (χ3n) is 5.77. The van der Waals surface area contributed by atoms with Crippen LogP contribution in [0, 0.1) is 0 Å². The van der Waals surface area contributed by atoms with E-state index in [0.717, 1.165) is 38.5 Å². The number of benzene rings is 1. The molecule has 3 aliphatic rings. The Hall–Kier alpha value is -1.56. The predicted octanol–water partition coefficient (Wildman–Crippen LogP) is 4.97. The summed E-state index contributed by atoms with van der Waals surface area (Å²) in [7, 11) is 0. The van der Waals surface area contributed by atoms with Gasteiger partial charge in [-0.1, -0.05) is 34.4 Å². The second-order valence-corrected chi connectivity index (χ2v) is 8.59. The summed E-state index contributed by atoms with van der Waals surface area (Å²) in [6.45, 7) is 0. The maximum absolute atomic E-state index is 13.1. The summed E-state index contributed by atoms with van der Waals surface area (Å²) >= 11 is 12.7. The second kappa shape index (κ2) is 6.80. The molecule has 27 heavy (non-hydrogen) atoms. The molecule has 5 nitrogen and oxygen atoms in total. The van der Waals surface area contributed by atoms with E-state index in [1.54, 1.807) is 18.2 Å². The second-order valence-electron chi connectivity index (χ2n) is 7.78. The molecule has 1 aromatic heterocycles. The van der Waals surface area contributed by atoms with Gasteiger partial charge in [-0.15, -0.1) is 0 Å². The fourth-order valence-electron chi connectivity index (χ4n) is 4.33. The van der Waals surface area contributed by atoms with Gasteiger partial charge in [0.15, 0.2) is 5.76 Å². The summed E-state index contributed by atoms with van der Waals surface area (Å²) in [6, 6.07) is 6.12. The minimum Gasteiger partial charge on any atom is -0.459 e. The molecule has 7 heteroatoms.